The Hall–Kier alpha value is -2.16. The molecule has 1 aromatic heterocycles. The molecule has 2 amide bonds. The highest BCUT2D eigenvalue weighted by molar-refractivity contribution is 9.10. The Morgan fingerprint density at radius 3 is 2.55 bits per heavy atom. The second-order valence-corrected chi connectivity index (χ2v) is 9.43. The first-order chi connectivity index (χ1) is 13.9. The molecule has 1 heterocycles. The highest BCUT2D eigenvalue weighted by Crippen LogP contribution is 2.26. The fourth-order valence-electron chi connectivity index (χ4n) is 2.52. The van der Waals surface area contributed by atoms with Crippen LogP contribution in [0.1, 0.15) is 27.2 Å². The molecule has 8 heteroatoms. The number of carbonyl (C=O) groups is 2. The van der Waals surface area contributed by atoms with Crippen molar-refractivity contribution < 1.29 is 9.59 Å². The number of thioether (sulfide) groups is 1. The van der Waals surface area contributed by atoms with E-state index in [-0.39, 0.29) is 18.4 Å². The zero-order chi connectivity index (χ0) is 20.8. The Labute approximate surface area is 186 Å². The molecule has 2 N–H and O–H groups in total. The number of rotatable bonds is 7. The van der Waals surface area contributed by atoms with Gasteiger partial charge in [0.2, 0.25) is 5.91 Å². The van der Waals surface area contributed by atoms with Crippen molar-refractivity contribution in [1.82, 2.24) is 10.3 Å². The van der Waals surface area contributed by atoms with Gasteiger partial charge in [0.05, 0.1) is 6.54 Å². The molecule has 29 heavy (non-hydrogen) atoms. The van der Waals surface area contributed by atoms with Crippen molar-refractivity contribution in [2.45, 2.75) is 23.9 Å². The smallest absolute Gasteiger partial charge is 0.251 e. The molecule has 0 unspecified atom stereocenters. The van der Waals surface area contributed by atoms with Crippen molar-refractivity contribution in [3.63, 3.8) is 0 Å². The van der Waals surface area contributed by atoms with E-state index in [0.29, 0.717) is 5.56 Å². The lowest BCUT2D eigenvalue weighted by atomic mass is 10.1. The Morgan fingerprint density at radius 2 is 1.90 bits per heavy atom. The largest absolute Gasteiger partial charge is 0.343 e. The summed E-state index contributed by atoms with van der Waals surface area (Å²) in [6, 6.07) is 13.0. The number of amides is 2. The number of benzene rings is 2. The lowest BCUT2D eigenvalue weighted by molar-refractivity contribution is -0.115. The van der Waals surface area contributed by atoms with Crippen LogP contribution in [0.3, 0.4) is 0 Å². The zero-order valence-corrected chi connectivity index (χ0v) is 19.2. The number of anilines is 1. The van der Waals surface area contributed by atoms with Crippen LogP contribution in [0.4, 0.5) is 5.69 Å². The fourth-order valence-corrected chi connectivity index (χ4v) is 4.80. The molecule has 3 rings (SSSR count). The number of nitrogens with one attached hydrogen (secondary N) is 2. The topological polar surface area (TPSA) is 71.1 Å². The highest BCUT2D eigenvalue weighted by atomic mass is 79.9. The van der Waals surface area contributed by atoms with Crippen molar-refractivity contribution in [2.24, 2.45) is 0 Å². The molecule has 0 aliphatic carbocycles. The van der Waals surface area contributed by atoms with Gasteiger partial charge >= 0.3 is 0 Å². The molecule has 0 radical (unpaired) electrons. The minimum atomic E-state index is -0.276. The molecule has 2 aromatic carbocycles. The lowest BCUT2D eigenvalue weighted by Crippen LogP contribution is -2.33. The van der Waals surface area contributed by atoms with Gasteiger partial charge < -0.3 is 10.6 Å². The van der Waals surface area contributed by atoms with E-state index < -0.39 is 0 Å². The van der Waals surface area contributed by atoms with E-state index in [1.807, 2.05) is 49.6 Å². The molecular formula is C21H20BrN3O2S2. The molecule has 0 aliphatic rings. The number of hydrogen-bond acceptors (Lipinski definition) is 5. The lowest BCUT2D eigenvalue weighted by Gasteiger charge is -2.10. The van der Waals surface area contributed by atoms with Crippen LogP contribution in [0.15, 0.2) is 56.7 Å². The van der Waals surface area contributed by atoms with E-state index in [4.69, 9.17) is 0 Å². The third kappa shape index (κ3) is 6.42. The van der Waals surface area contributed by atoms with Crippen LogP contribution >= 0.6 is 39.0 Å². The van der Waals surface area contributed by atoms with Crippen LogP contribution < -0.4 is 10.6 Å². The van der Waals surface area contributed by atoms with E-state index in [1.165, 1.54) is 0 Å². The van der Waals surface area contributed by atoms with Gasteiger partial charge in [0.25, 0.3) is 5.91 Å². The van der Waals surface area contributed by atoms with Gasteiger partial charge in [-0.15, -0.1) is 11.3 Å². The van der Waals surface area contributed by atoms with Gasteiger partial charge in [-0.2, -0.15) is 0 Å². The summed E-state index contributed by atoms with van der Waals surface area (Å²) >= 11 is 6.70. The first-order valence-corrected chi connectivity index (χ1v) is 11.5. The maximum absolute atomic E-state index is 12.3. The van der Waals surface area contributed by atoms with Crippen molar-refractivity contribution >= 4 is 56.5 Å². The SMILES string of the molecule is Cc1csc(SCc2ccc(C(=O)NCC(=O)Nc3ccc(Br)cc3C)cc2)n1. The Bertz CT molecular complexity index is 1020. The minimum absolute atomic E-state index is 0.0880. The average molecular weight is 490 g/mol. The first-order valence-electron chi connectivity index (χ1n) is 8.89. The summed E-state index contributed by atoms with van der Waals surface area (Å²) in [5.74, 6) is 0.252. The zero-order valence-electron chi connectivity index (χ0n) is 16.0. The molecule has 0 spiro atoms. The second-order valence-electron chi connectivity index (χ2n) is 6.43. The molecule has 3 aromatic rings. The summed E-state index contributed by atoms with van der Waals surface area (Å²) in [7, 11) is 0. The van der Waals surface area contributed by atoms with Crippen LogP contribution in [-0.4, -0.2) is 23.3 Å². The van der Waals surface area contributed by atoms with Crippen molar-refractivity contribution in [1.29, 1.82) is 0 Å². The van der Waals surface area contributed by atoms with Gasteiger partial charge in [0, 0.05) is 32.6 Å². The maximum Gasteiger partial charge on any atom is 0.251 e. The second kappa shape index (κ2) is 10.0. The van der Waals surface area contributed by atoms with Gasteiger partial charge in [0.1, 0.15) is 4.34 Å². The van der Waals surface area contributed by atoms with E-state index in [9.17, 15) is 9.59 Å². The molecule has 150 valence electrons. The third-order valence-electron chi connectivity index (χ3n) is 4.05. The highest BCUT2D eigenvalue weighted by Gasteiger charge is 2.10. The summed E-state index contributed by atoms with van der Waals surface area (Å²) in [5.41, 5.74) is 4.34. The van der Waals surface area contributed by atoms with Gasteiger partial charge in [-0.3, -0.25) is 9.59 Å². The Kier molecular flexibility index (Phi) is 7.46. The van der Waals surface area contributed by atoms with Gasteiger partial charge in [-0.05, 0) is 55.3 Å². The van der Waals surface area contributed by atoms with E-state index in [0.717, 1.165) is 37.1 Å². The van der Waals surface area contributed by atoms with Crippen LogP contribution in [0.25, 0.3) is 0 Å². The number of halogens is 1. The Morgan fingerprint density at radius 1 is 1.14 bits per heavy atom. The molecule has 0 fully saturated rings. The minimum Gasteiger partial charge on any atom is -0.343 e. The summed E-state index contributed by atoms with van der Waals surface area (Å²) < 4.78 is 1.99. The van der Waals surface area contributed by atoms with Crippen LogP contribution in [0, 0.1) is 13.8 Å². The number of aryl methyl sites for hydroxylation is 2. The van der Waals surface area contributed by atoms with Crippen molar-refractivity contribution in [2.75, 3.05) is 11.9 Å². The van der Waals surface area contributed by atoms with Gasteiger partial charge in [-0.1, -0.05) is 39.8 Å². The molecular weight excluding hydrogens is 470 g/mol. The number of hydrogen-bond donors (Lipinski definition) is 2. The first kappa shape index (κ1) is 21.5. The van der Waals surface area contributed by atoms with Crippen LogP contribution in [0.5, 0.6) is 0 Å². The summed E-state index contributed by atoms with van der Waals surface area (Å²) in [4.78, 5) is 28.8. The van der Waals surface area contributed by atoms with E-state index >= 15 is 0 Å². The number of carbonyl (C=O) groups excluding carboxylic acids is 2. The van der Waals surface area contributed by atoms with Crippen LogP contribution in [0.2, 0.25) is 0 Å². The maximum atomic E-state index is 12.3. The Balaban J connectivity index is 1.48. The summed E-state index contributed by atoms with van der Waals surface area (Å²) in [5, 5.41) is 7.49. The predicted octanol–water partition coefficient (Wildman–Crippen LogP) is 5.18. The monoisotopic (exact) mass is 489 g/mol. The summed E-state index contributed by atoms with van der Waals surface area (Å²) in [6.45, 7) is 3.80. The van der Waals surface area contributed by atoms with Gasteiger partial charge in [-0.25, -0.2) is 4.98 Å². The van der Waals surface area contributed by atoms with Crippen molar-refractivity contribution in [3.8, 4) is 0 Å². The van der Waals surface area contributed by atoms with Crippen LogP contribution in [-0.2, 0) is 10.5 Å². The van der Waals surface area contributed by atoms with E-state index in [1.54, 1.807) is 35.2 Å². The van der Waals surface area contributed by atoms with E-state index in [2.05, 4.69) is 31.5 Å². The summed E-state index contributed by atoms with van der Waals surface area (Å²) in [6.07, 6.45) is 0. The fraction of sp³-hybridized carbons (Fsp3) is 0.190. The normalized spacial score (nSPS) is 10.6. The molecule has 0 atom stereocenters. The van der Waals surface area contributed by atoms with Crippen molar-refractivity contribution in [3.05, 3.63) is 74.7 Å². The quantitative estimate of drug-likeness (QED) is 0.448. The predicted molar refractivity (Wildman–Crippen MR) is 123 cm³/mol. The average Bonchev–Trinajstić information content (AvgIpc) is 3.12. The molecule has 0 bridgehead atoms. The molecule has 5 nitrogen and oxygen atoms in total. The van der Waals surface area contributed by atoms with Gasteiger partial charge in [0.15, 0.2) is 0 Å². The number of aromatic nitrogens is 1. The number of nitrogens with zero attached hydrogens (tertiary/aromatic N) is 1. The number of thiazole rings is 1. The standard InChI is InChI=1S/C21H20BrN3O2S2/c1-13-9-17(22)7-8-18(13)25-19(26)10-23-20(27)16-5-3-15(4-6-16)12-29-21-24-14(2)11-28-21/h3-9,11H,10,12H2,1-2H3,(H,23,27)(H,25,26). The molecule has 0 saturated heterocycles. The molecule has 0 saturated carbocycles. The third-order valence-corrected chi connectivity index (χ3v) is 6.75. The molecule has 0 aliphatic heterocycles.